The predicted molar refractivity (Wildman–Crippen MR) is 100 cm³/mol. The van der Waals surface area contributed by atoms with Gasteiger partial charge in [0.05, 0.1) is 5.39 Å². The van der Waals surface area contributed by atoms with Crippen molar-refractivity contribution in [3.63, 3.8) is 0 Å². The van der Waals surface area contributed by atoms with E-state index < -0.39 is 41.3 Å². The molecule has 0 bridgehead atoms. The summed E-state index contributed by atoms with van der Waals surface area (Å²) in [6, 6.07) is 4.30. The van der Waals surface area contributed by atoms with E-state index in [9.17, 15) is 24.0 Å². The molecule has 0 saturated heterocycles. The Morgan fingerprint density at radius 2 is 0.933 bits per heavy atom. The first-order valence-corrected chi connectivity index (χ1v) is 8.56. The van der Waals surface area contributed by atoms with Gasteiger partial charge in [0, 0.05) is 40.0 Å². The fourth-order valence-electron chi connectivity index (χ4n) is 2.60. The first-order chi connectivity index (χ1) is 14.0. The third kappa shape index (κ3) is 5.10. The van der Waals surface area contributed by atoms with Crippen LogP contribution in [0.15, 0.2) is 18.2 Å². The van der Waals surface area contributed by atoms with Crippen LogP contribution in [0.1, 0.15) is 34.6 Å². The van der Waals surface area contributed by atoms with Crippen molar-refractivity contribution in [3.8, 4) is 28.7 Å². The van der Waals surface area contributed by atoms with Gasteiger partial charge in [0.1, 0.15) is 5.75 Å². The molecule has 158 valence electrons. The molecule has 10 nitrogen and oxygen atoms in total. The molecule has 2 aromatic carbocycles. The number of carbonyl (C=O) groups excluding carboxylic acids is 5. The Morgan fingerprint density at radius 1 is 0.533 bits per heavy atom. The minimum Gasteiger partial charge on any atom is -0.426 e. The largest absolute Gasteiger partial charge is 0.426 e. The quantitative estimate of drug-likeness (QED) is 0.527. The minimum atomic E-state index is -0.852. The molecule has 0 aromatic heterocycles. The van der Waals surface area contributed by atoms with E-state index in [-0.39, 0.29) is 28.0 Å². The number of benzene rings is 2. The lowest BCUT2D eigenvalue weighted by atomic mass is 10.1. The average Bonchev–Trinajstić information content (AvgIpc) is 2.59. The highest BCUT2D eigenvalue weighted by molar-refractivity contribution is 6.06. The zero-order valence-corrected chi connectivity index (χ0v) is 16.8. The molecule has 2 aromatic rings. The highest BCUT2D eigenvalue weighted by Gasteiger charge is 2.30. The fraction of sp³-hybridized carbons (Fsp3) is 0.250. The molecular formula is C20H18O10. The molecule has 0 radical (unpaired) electrons. The summed E-state index contributed by atoms with van der Waals surface area (Å²) in [6.45, 7) is 5.47. The zero-order chi connectivity index (χ0) is 22.6. The van der Waals surface area contributed by atoms with Crippen LogP contribution in [0.2, 0.25) is 0 Å². The Labute approximate surface area is 170 Å². The average molecular weight is 418 g/mol. The second kappa shape index (κ2) is 9.03. The van der Waals surface area contributed by atoms with E-state index in [1.807, 2.05) is 0 Å². The van der Waals surface area contributed by atoms with E-state index in [0.717, 1.165) is 34.6 Å². The molecule has 10 heteroatoms. The molecule has 0 spiro atoms. The van der Waals surface area contributed by atoms with Crippen molar-refractivity contribution < 1.29 is 47.7 Å². The number of rotatable bonds is 5. The third-order valence-corrected chi connectivity index (χ3v) is 3.35. The number of fused-ring (bicyclic) bond motifs is 1. The third-order valence-electron chi connectivity index (χ3n) is 3.35. The lowest BCUT2D eigenvalue weighted by molar-refractivity contribution is -0.136. The van der Waals surface area contributed by atoms with Gasteiger partial charge in [-0.25, -0.2) is 0 Å². The van der Waals surface area contributed by atoms with Crippen molar-refractivity contribution in [2.75, 3.05) is 0 Å². The number of ether oxygens (including phenoxy) is 5. The SMILES string of the molecule is CC(=O)Oc1c(OC(C)=O)c(OC(C)=O)c2c(OC(C)=O)cccc2c1OC(C)=O. The summed E-state index contributed by atoms with van der Waals surface area (Å²) in [5.74, 6) is -5.67. The van der Waals surface area contributed by atoms with Crippen molar-refractivity contribution >= 4 is 40.6 Å². The van der Waals surface area contributed by atoms with Crippen molar-refractivity contribution in [2.45, 2.75) is 34.6 Å². The van der Waals surface area contributed by atoms with E-state index in [1.165, 1.54) is 18.2 Å². The van der Waals surface area contributed by atoms with Crippen molar-refractivity contribution in [1.82, 2.24) is 0 Å². The van der Waals surface area contributed by atoms with Gasteiger partial charge in [-0.2, -0.15) is 0 Å². The summed E-state index contributed by atoms with van der Waals surface area (Å²) in [6.07, 6.45) is 0. The van der Waals surface area contributed by atoms with Gasteiger partial charge >= 0.3 is 29.8 Å². The summed E-state index contributed by atoms with van der Waals surface area (Å²) in [5.41, 5.74) is 0. The molecule has 0 saturated carbocycles. The van der Waals surface area contributed by atoms with Crippen LogP contribution in [0, 0.1) is 0 Å². The zero-order valence-electron chi connectivity index (χ0n) is 16.8. The normalized spacial score (nSPS) is 10.2. The van der Waals surface area contributed by atoms with Crippen LogP contribution in [-0.2, 0) is 24.0 Å². The fourth-order valence-corrected chi connectivity index (χ4v) is 2.60. The van der Waals surface area contributed by atoms with Crippen LogP contribution in [-0.4, -0.2) is 29.8 Å². The molecular weight excluding hydrogens is 400 g/mol. The monoisotopic (exact) mass is 418 g/mol. The van der Waals surface area contributed by atoms with Gasteiger partial charge in [-0.3, -0.25) is 24.0 Å². The van der Waals surface area contributed by atoms with Crippen molar-refractivity contribution in [3.05, 3.63) is 18.2 Å². The van der Waals surface area contributed by atoms with Gasteiger partial charge in [0.2, 0.25) is 11.5 Å². The van der Waals surface area contributed by atoms with Gasteiger partial charge in [0.25, 0.3) is 0 Å². The highest BCUT2D eigenvalue weighted by Crippen LogP contribution is 2.54. The lowest BCUT2D eigenvalue weighted by Gasteiger charge is -2.20. The molecule has 30 heavy (non-hydrogen) atoms. The van der Waals surface area contributed by atoms with Crippen LogP contribution in [0.5, 0.6) is 28.7 Å². The van der Waals surface area contributed by atoms with Crippen LogP contribution in [0.3, 0.4) is 0 Å². The smallest absolute Gasteiger partial charge is 0.308 e. The van der Waals surface area contributed by atoms with E-state index in [0.29, 0.717) is 0 Å². The van der Waals surface area contributed by atoms with Crippen LogP contribution in [0.25, 0.3) is 10.8 Å². The van der Waals surface area contributed by atoms with Gasteiger partial charge in [-0.05, 0) is 6.07 Å². The summed E-state index contributed by atoms with van der Waals surface area (Å²) in [5, 5.41) is 0.0682. The molecule has 0 unspecified atom stereocenters. The maximum atomic E-state index is 11.8. The Balaban J connectivity index is 3.11. The van der Waals surface area contributed by atoms with Crippen molar-refractivity contribution in [1.29, 1.82) is 0 Å². The van der Waals surface area contributed by atoms with Crippen molar-refractivity contribution in [2.24, 2.45) is 0 Å². The minimum absolute atomic E-state index is 0.0219. The first-order valence-electron chi connectivity index (χ1n) is 8.56. The molecule has 0 amide bonds. The maximum Gasteiger partial charge on any atom is 0.308 e. The van der Waals surface area contributed by atoms with E-state index in [4.69, 9.17) is 23.7 Å². The van der Waals surface area contributed by atoms with E-state index >= 15 is 0 Å². The van der Waals surface area contributed by atoms with Gasteiger partial charge in [-0.15, -0.1) is 0 Å². The molecule has 0 atom stereocenters. The van der Waals surface area contributed by atoms with Gasteiger partial charge in [-0.1, -0.05) is 12.1 Å². The van der Waals surface area contributed by atoms with Gasteiger partial charge < -0.3 is 23.7 Å². The number of esters is 5. The van der Waals surface area contributed by atoms with E-state index in [1.54, 1.807) is 0 Å². The standard InChI is InChI=1S/C20H18O10/c1-9(21)26-15-8-6-7-14-16(15)18(28-11(3)23)20(30-13(5)25)19(29-12(4)24)17(14)27-10(2)22/h6-8H,1-5H3. The Bertz CT molecular complexity index is 1070. The topological polar surface area (TPSA) is 132 Å². The lowest BCUT2D eigenvalue weighted by Crippen LogP contribution is -2.14. The summed E-state index contributed by atoms with van der Waals surface area (Å²) < 4.78 is 25.9. The Hall–Kier alpha value is -3.95. The first kappa shape index (κ1) is 22.3. The molecule has 2 rings (SSSR count). The second-order valence-corrected chi connectivity index (χ2v) is 5.96. The van der Waals surface area contributed by atoms with Crippen LogP contribution in [0.4, 0.5) is 0 Å². The molecule has 0 aliphatic rings. The van der Waals surface area contributed by atoms with Crippen LogP contribution >= 0.6 is 0 Å². The summed E-state index contributed by atoms with van der Waals surface area (Å²) in [4.78, 5) is 58.4. The molecule has 0 aliphatic heterocycles. The predicted octanol–water partition coefficient (Wildman–Crippen LogP) is 2.47. The highest BCUT2D eigenvalue weighted by atomic mass is 16.6. The summed E-state index contributed by atoms with van der Waals surface area (Å²) >= 11 is 0. The maximum absolute atomic E-state index is 11.8. The second-order valence-electron chi connectivity index (χ2n) is 5.96. The van der Waals surface area contributed by atoms with Gasteiger partial charge in [0.15, 0.2) is 11.5 Å². The Morgan fingerprint density at radius 3 is 1.40 bits per heavy atom. The molecule has 0 heterocycles. The van der Waals surface area contributed by atoms with E-state index in [2.05, 4.69) is 0 Å². The number of carbonyl (C=O) groups is 5. The Kier molecular flexibility index (Phi) is 6.73. The molecule has 0 fully saturated rings. The number of hydrogen-bond donors (Lipinski definition) is 0. The molecule has 0 N–H and O–H groups in total. The van der Waals surface area contributed by atoms with Crippen LogP contribution < -0.4 is 23.7 Å². The summed E-state index contributed by atoms with van der Waals surface area (Å²) in [7, 11) is 0. The number of hydrogen-bond acceptors (Lipinski definition) is 10. The molecule has 0 aliphatic carbocycles.